The SMILES string of the molecule is CC(=O)OI(OC(C)=O)OC(C)=O. The average Bonchev–Trinajstić information content (AvgIpc) is 1.80. The van der Waals surface area contributed by atoms with Crippen molar-refractivity contribution < 1.29 is 23.6 Å². The van der Waals surface area contributed by atoms with E-state index >= 15 is 0 Å². The topological polar surface area (TPSA) is 78.9 Å². The minimum absolute atomic E-state index is 0.646. The summed E-state index contributed by atoms with van der Waals surface area (Å²) in [5.74, 6) is -1.94. The second-order valence-corrected chi connectivity index (χ2v) is 4.30. The predicted octanol–water partition coefficient (Wildman–Crippen LogP) is 0.927. The molecule has 0 N–H and O–H groups in total. The van der Waals surface area contributed by atoms with Crippen LogP contribution in [0.5, 0.6) is 0 Å². The number of carbonyl (C=O) groups is 3. The fourth-order valence-electron chi connectivity index (χ4n) is 0.313. The van der Waals surface area contributed by atoms with E-state index in [1.807, 2.05) is 0 Å². The zero-order valence-corrected chi connectivity index (χ0v) is 9.48. The van der Waals surface area contributed by atoms with Gasteiger partial charge < -0.3 is 0 Å². The summed E-state index contributed by atoms with van der Waals surface area (Å²) in [7, 11) is 0. The molecule has 0 aromatic carbocycles. The Labute approximate surface area is 83.6 Å². The number of hydrogen-bond acceptors (Lipinski definition) is 6. The molecule has 0 spiro atoms. The predicted molar refractivity (Wildman–Crippen MR) is 49.3 cm³/mol. The normalized spacial score (nSPS) is 9.92. The van der Waals surface area contributed by atoms with Crippen LogP contribution in [0.25, 0.3) is 0 Å². The third-order valence-corrected chi connectivity index (χ3v) is 3.45. The van der Waals surface area contributed by atoms with Crippen molar-refractivity contribution in [2.75, 3.05) is 0 Å². The second-order valence-electron chi connectivity index (χ2n) is 1.90. The van der Waals surface area contributed by atoms with Crippen molar-refractivity contribution in [3.8, 4) is 0 Å². The molecule has 0 heterocycles. The molecule has 6 nitrogen and oxygen atoms in total. The number of carbonyl (C=O) groups excluding carboxylic acids is 3. The third-order valence-electron chi connectivity index (χ3n) is 0.515. The van der Waals surface area contributed by atoms with E-state index in [1.54, 1.807) is 0 Å². The van der Waals surface area contributed by atoms with Crippen LogP contribution in [-0.4, -0.2) is 17.9 Å². The van der Waals surface area contributed by atoms with Crippen LogP contribution in [0.2, 0.25) is 0 Å². The Balaban J connectivity index is 4.10. The summed E-state index contributed by atoms with van der Waals surface area (Å²) in [4.78, 5) is 31.4. The van der Waals surface area contributed by atoms with Gasteiger partial charge in [-0.25, -0.2) is 0 Å². The van der Waals surface area contributed by atoms with Crippen molar-refractivity contribution in [2.24, 2.45) is 0 Å². The van der Waals surface area contributed by atoms with Gasteiger partial charge in [-0.15, -0.1) is 0 Å². The van der Waals surface area contributed by atoms with Gasteiger partial charge in [-0.3, -0.25) is 0 Å². The van der Waals surface area contributed by atoms with Gasteiger partial charge in [0.2, 0.25) is 0 Å². The Hall–Kier alpha value is -0.860. The zero-order valence-electron chi connectivity index (χ0n) is 7.33. The Morgan fingerprint density at radius 3 is 1.15 bits per heavy atom. The molecule has 0 aromatic rings. The Bertz CT molecular complexity index is 187. The molecule has 0 atom stereocenters. The van der Waals surface area contributed by atoms with Gasteiger partial charge in [0.05, 0.1) is 0 Å². The Morgan fingerprint density at radius 1 is 0.769 bits per heavy atom. The molecule has 0 aliphatic heterocycles. The van der Waals surface area contributed by atoms with Crippen molar-refractivity contribution in [1.29, 1.82) is 0 Å². The first-order valence-corrected chi connectivity index (χ1v) is 5.83. The first kappa shape index (κ1) is 12.1. The van der Waals surface area contributed by atoms with Crippen LogP contribution in [0.4, 0.5) is 0 Å². The van der Waals surface area contributed by atoms with Crippen LogP contribution in [0.3, 0.4) is 0 Å². The fraction of sp³-hybridized carbons (Fsp3) is 0.500. The Morgan fingerprint density at radius 2 is 1.00 bits per heavy atom. The number of halogens is 1. The molecule has 0 saturated heterocycles. The summed E-state index contributed by atoms with van der Waals surface area (Å²) in [6, 6.07) is 0. The maximum atomic E-state index is 10.5. The summed E-state index contributed by atoms with van der Waals surface area (Å²) in [6.07, 6.45) is 0. The summed E-state index contributed by atoms with van der Waals surface area (Å²) >= 11 is -3.13. The standard InChI is InChI=1S/C6H9IO6/c1-4(8)11-7(12-5(2)9)13-6(3)10/h1-3H3. The molecule has 0 amide bonds. The van der Waals surface area contributed by atoms with Crippen LogP contribution in [0, 0.1) is 0 Å². The first-order chi connectivity index (χ1) is 5.91. The monoisotopic (exact) mass is 304 g/mol. The molecule has 0 aliphatic rings. The van der Waals surface area contributed by atoms with E-state index in [1.165, 1.54) is 0 Å². The molecule has 0 aromatic heterocycles. The summed E-state index contributed by atoms with van der Waals surface area (Å²) in [6.45, 7) is 3.41. The van der Waals surface area contributed by atoms with E-state index in [9.17, 15) is 14.4 Å². The van der Waals surface area contributed by atoms with Gasteiger partial charge >= 0.3 is 83.3 Å². The van der Waals surface area contributed by atoms with Crippen LogP contribution < -0.4 is 0 Å². The van der Waals surface area contributed by atoms with Gasteiger partial charge in [-0.2, -0.15) is 0 Å². The van der Waals surface area contributed by atoms with Gasteiger partial charge in [0, 0.05) is 0 Å². The van der Waals surface area contributed by atoms with Gasteiger partial charge in [0.25, 0.3) is 0 Å². The minimum atomic E-state index is -3.13. The third kappa shape index (κ3) is 7.50. The molecule has 0 radical (unpaired) electrons. The molecule has 0 fully saturated rings. The quantitative estimate of drug-likeness (QED) is 0.722. The van der Waals surface area contributed by atoms with E-state index < -0.39 is 39.0 Å². The van der Waals surface area contributed by atoms with E-state index in [4.69, 9.17) is 0 Å². The van der Waals surface area contributed by atoms with Gasteiger partial charge in [-0.05, 0) is 0 Å². The first-order valence-electron chi connectivity index (χ1n) is 3.19. The van der Waals surface area contributed by atoms with Gasteiger partial charge in [-0.1, -0.05) is 0 Å². The van der Waals surface area contributed by atoms with Crippen molar-refractivity contribution in [3.05, 3.63) is 0 Å². The number of rotatable bonds is 3. The van der Waals surface area contributed by atoms with E-state index in [2.05, 4.69) is 9.20 Å². The second kappa shape index (κ2) is 5.73. The summed E-state index contributed by atoms with van der Waals surface area (Å²) < 4.78 is 13.5. The molecule has 0 aliphatic carbocycles. The average molecular weight is 304 g/mol. The summed E-state index contributed by atoms with van der Waals surface area (Å²) in [5.41, 5.74) is 0. The van der Waals surface area contributed by atoms with Crippen LogP contribution in [0.15, 0.2) is 0 Å². The van der Waals surface area contributed by atoms with Gasteiger partial charge in [0.1, 0.15) is 0 Å². The molecule has 0 unspecified atom stereocenters. The molecule has 0 saturated carbocycles. The summed E-state index contributed by atoms with van der Waals surface area (Å²) in [5, 5.41) is 0. The van der Waals surface area contributed by atoms with Crippen LogP contribution in [-0.2, 0) is 23.6 Å². The van der Waals surface area contributed by atoms with E-state index in [0.717, 1.165) is 20.8 Å². The molecule has 0 rings (SSSR count). The van der Waals surface area contributed by atoms with E-state index in [-0.39, 0.29) is 0 Å². The van der Waals surface area contributed by atoms with Crippen molar-refractivity contribution >= 4 is 39.0 Å². The molecule has 7 heteroatoms. The molecular weight excluding hydrogens is 295 g/mol. The van der Waals surface area contributed by atoms with Crippen LogP contribution >= 0.6 is 21.1 Å². The van der Waals surface area contributed by atoms with Crippen molar-refractivity contribution in [1.82, 2.24) is 0 Å². The molecule has 13 heavy (non-hydrogen) atoms. The van der Waals surface area contributed by atoms with E-state index in [0.29, 0.717) is 0 Å². The Kier molecular flexibility index (Phi) is 5.35. The number of hydrogen-bond donors (Lipinski definition) is 0. The van der Waals surface area contributed by atoms with Crippen molar-refractivity contribution in [3.63, 3.8) is 0 Å². The zero-order chi connectivity index (χ0) is 10.4. The maximum absolute atomic E-state index is 10.5. The van der Waals surface area contributed by atoms with Crippen LogP contribution in [0.1, 0.15) is 20.8 Å². The molecule has 76 valence electrons. The fourth-order valence-corrected chi connectivity index (χ4v) is 2.10. The molecule has 0 bridgehead atoms. The van der Waals surface area contributed by atoms with Gasteiger partial charge in [0.15, 0.2) is 0 Å². The molecular formula is C6H9IO6. The van der Waals surface area contributed by atoms with Crippen molar-refractivity contribution in [2.45, 2.75) is 20.8 Å².